The molecule has 0 radical (unpaired) electrons. The molecule has 0 aliphatic heterocycles. The van der Waals surface area contributed by atoms with Crippen molar-refractivity contribution in [3.05, 3.63) is 49.2 Å². The first-order valence-corrected chi connectivity index (χ1v) is 8.47. The van der Waals surface area contributed by atoms with Gasteiger partial charge in [0.15, 0.2) is 0 Å². The summed E-state index contributed by atoms with van der Waals surface area (Å²) in [6, 6.07) is 8.82. The average molecular weight is 319 g/mol. The number of aromatic nitrogens is 1. The molecule has 116 valence electrons. The summed E-state index contributed by atoms with van der Waals surface area (Å²) in [7, 11) is -3.62. The number of para-hydroxylation sites is 1. The summed E-state index contributed by atoms with van der Waals surface area (Å²) in [5, 5.41) is 3.37. The first kappa shape index (κ1) is 16.0. The Morgan fingerprint density at radius 2 is 2.09 bits per heavy atom. The van der Waals surface area contributed by atoms with Crippen LogP contribution in [0.15, 0.2) is 49.2 Å². The maximum atomic E-state index is 12.1. The van der Waals surface area contributed by atoms with E-state index in [1.165, 1.54) is 6.08 Å². The van der Waals surface area contributed by atoms with Crippen LogP contribution in [0.2, 0.25) is 0 Å². The van der Waals surface area contributed by atoms with Crippen LogP contribution in [0, 0.1) is 0 Å². The van der Waals surface area contributed by atoms with E-state index >= 15 is 0 Å². The highest BCUT2D eigenvalue weighted by Crippen LogP contribution is 2.26. The predicted molar refractivity (Wildman–Crippen MR) is 87.1 cm³/mol. The molecule has 0 aliphatic carbocycles. The highest BCUT2D eigenvalue weighted by molar-refractivity contribution is 7.92. The quantitative estimate of drug-likeness (QED) is 0.814. The monoisotopic (exact) mass is 319 g/mol. The van der Waals surface area contributed by atoms with Crippen LogP contribution in [-0.2, 0) is 14.8 Å². The number of rotatable bonds is 6. The standard InChI is InChI=1S/C15H17N3O3S/c1-3-9-16-14(19)11-18(22(2,20)21)13-8-4-6-12-7-5-10-17-15(12)13/h3-8,10H,1,9,11H2,2H3,(H,16,19). The third kappa shape index (κ3) is 3.62. The fraction of sp³-hybridized carbons (Fsp3) is 0.200. The molecule has 0 bridgehead atoms. The zero-order valence-electron chi connectivity index (χ0n) is 12.2. The van der Waals surface area contributed by atoms with Gasteiger partial charge >= 0.3 is 0 Å². The number of benzene rings is 1. The Morgan fingerprint density at radius 3 is 2.77 bits per heavy atom. The fourth-order valence-corrected chi connectivity index (χ4v) is 2.90. The molecule has 2 rings (SSSR count). The summed E-state index contributed by atoms with van der Waals surface area (Å²) in [6.07, 6.45) is 4.18. The maximum absolute atomic E-state index is 12.1. The largest absolute Gasteiger partial charge is 0.351 e. The van der Waals surface area contributed by atoms with Crippen LogP contribution >= 0.6 is 0 Å². The molecule has 1 aromatic carbocycles. The van der Waals surface area contributed by atoms with E-state index < -0.39 is 15.9 Å². The SMILES string of the molecule is C=CCNC(=O)CN(c1cccc2cccnc12)S(C)(=O)=O. The first-order chi connectivity index (χ1) is 10.4. The van der Waals surface area contributed by atoms with E-state index in [4.69, 9.17) is 0 Å². The van der Waals surface area contributed by atoms with Crippen molar-refractivity contribution in [1.82, 2.24) is 10.3 Å². The molecule has 1 amide bonds. The Bertz CT molecular complexity index is 797. The number of fused-ring (bicyclic) bond motifs is 1. The molecule has 1 N–H and O–H groups in total. The number of amides is 1. The summed E-state index contributed by atoms with van der Waals surface area (Å²) in [5.74, 6) is -0.404. The Labute approximate surface area is 129 Å². The fourth-order valence-electron chi connectivity index (χ4n) is 2.04. The van der Waals surface area contributed by atoms with Crippen LogP contribution in [0.4, 0.5) is 5.69 Å². The molecule has 22 heavy (non-hydrogen) atoms. The van der Waals surface area contributed by atoms with Crippen molar-refractivity contribution >= 4 is 32.5 Å². The molecule has 0 saturated heterocycles. The van der Waals surface area contributed by atoms with Crippen molar-refractivity contribution < 1.29 is 13.2 Å². The summed E-state index contributed by atoms with van der Waals surface area (Å²) in [4.78, 5) is 16.1. The van der Waals surface area contributed by atoms with Crippen molar-refractivity contribution in [2.75, 3.05) is 23.7 Å². The van der Waals surface area contributed by atoms with Crippen LogP contribution in [0.1, 0.15) is 0 Å². The van der Waals surface area contributed by atoms with Gasteiger partial charge in [-0.15, -0.1) is 6.58 Å². The molecule has 0 saturated carbocycles. The number of sulfonamides is 1. The minimum absolute atomic E-state index is 0.282. The Kier molecular flexibility index (Phi) is 4.77. The molecule has 0 aliphatic rings. The Hall–Kier alpha value is -2.41. The van der Waals surface area contributed by atoms with Crippen LogP contribution in [0.3, 0.4) is 0 Å². The van der Waals surface area contributed by atoms with Crippen LogP contribution in [0.5, 0.6) is 0 Å². The molecule has 0 atom stereocenters. The van der Waals surface area contributed by atoms with Gasteiger partial charge in [0.25, 0.3) is 0 Å². The topological polar surface area (TPSA) is 79.4 Å². The van der Waals surface area contributed by atoms with Gasteiger partial charge in [-0.3, -0.25) is 14.1 Å². The lowest BCUT2D eigenvalue weighted by Crippen LogP contribution is -2.40. The Morgan fingerprint density at radius 1 is 1.36 bits per heavy atom. The summed E-state index contributed by atoms with van der Waals surface area (Å²) >= 11 is 0. The number of hydrogen-bond acceptors (Lipinski definition) is 4. The molecule has 1 aromatic heterocycles. The number of nitrogens with one attached hydrogen (secondary N) is 1. The zero-order valence-corrected chi connectivity index (χ0v) is 13.0. The highest BCUT2D eigenvalue weighted by atomic mass is 32.2. The third-order valence-electron chi connectivity index (χ3n) is 3.01. The predicted octanol–water partition coefficient (Wildman–Crippen LogP) is 1.30. The summed E-state index contributed by atoms with van der Waals surface area (Å²) in [6.45, 7) is 3.48. The van der Waals surface area contributed by atoms with E-state index in [1.807, 2.05) is 12.1 Å². The van der Waals surface area contributed by atoms with E-state index in [0.717, 1.165) is 15.9 Å². The van der Waals surface area contributed by atoms with Gasteiger partial charge in [0.1, 0.15) is 6.54 Å². The smallest absolute Gasteiger partial charge is 0.241 e. The second-order valence-electron chi connectivity index (χ2n) is 4.71. The number of pyridine rings is 1. The van der Waals surface area contributed by atoms with Crippen molar-refractivity contribution in [3.63, 3.8) is 0 Å². The minimum Gasteiger partial charge on any atom is -0.351 e. The van der Waals surface area contributed by atoms with Gasteiger partial charge in [0.2, 0.25) is 15.9 Å². The van der Waals surface area contributed by atoms with E-state index in [1.54, 1.807) is 24.4 Å². The second kappa shape index (κ2) is 6.57. The molecule has 6 nitrogen and oxygen atoms in total. The number of hydrogen-bond donors (Lipinski definition) is 1. The zero-order chi connectivity index (χ0) is 16.2. The van der Waals surface area contributed by atoms with Gasteiger partial charge in [0, 0.05) is 18.1 Å². The lowest BCUT2D eigenvalue weighted by atomic mass is 10.2. The second-order valence-corrected chi connectivity index (χ2v) is 6.62. The van der Waals surface area contributed by atoms with Crippen LogP contribution in [-0.4, -0.2) is 38.7 Å². The van der Waals surface area contributed by atoms with Gasteiger partial charge in [-0.25, -0.2) is 8.42 Å². The number of anilines is 1. The molecule has 1 heterocycles. The van der Waals surface area contributed by atoms with Gasteiger partial charge in [-0.2, -0.15) is 0 Å². The number of nitrogens with zero attached hydrogens (tertiary/aromatic N) is 2. The van der Waals surface area contributed by atoms with E-state index in [9.17, 15) is 13.2 Å². The average Bonchev–Trinajstić information content (AvgIpc) is 2.49. The summed E-state index contributed by atoms with van der Waals surface area (Å²) in [5.41, 5.74) is 0.918. The lowest BCUT2D eigenvalue weighted by Gasteiger charge is -2.22. The molecule has 0 fully saturated rings. The van der Waals surface area contributed by atoms with E-state index in [0.29, 0.717) is 11.2 Å². The number of carbonyl (C=O) groups is 1. The van der Waals surface area contributed by atoms with Gasteiger partial charge in [0.05, 0.1) is 17.5 Å². The first-order valence-electron chi connectivity index (χ1n) is 6.62. The van der Waals surface area contributed by atoms with Crippen molar-refractivity contribution in [3.8, 4) is 0 Å². The lowest BCUT2D eigenvalue weighted by molar-refractivity contribution is -0.119. The van der Waals surface area contributed by atoms with Crippen LogP contribution < -0.4 is 9.62 Å². The maximum Gasteiger partial charge on any atom is 0.241 e. The molecule has 0 spiro atoms. The molecule has 2 aromatic rings. The van der Waals surface area contributed by atoms with E-state index in [-0.39, 0.29) is 13.1 Å². The van der Waals surface area contributed by atoms with Crippen molar-refractivity contribution in [1.29, 1.82) is 0 Å². The molecular formula is C15H17N3O3S. The molecule has 0 unspecified atom stereocenters. The van der Waals surface area contributed by atoms with Gasteiger partial charge < -0.3 is 5.32 Å². The van der Waals surface area contributed by atoms with Gasteiger partial charge in [-0.05, 0) is 12.1 Å². The van der Waals surface area contributed by atoms with Crippen molar-refractivity contribution in [2.24, 2.45) is 0 Å². The normalized spacial score (nSPS) is 11.1. The van der Waals surface area contributed by atoms with E-state index in [2.05, 4.69) is 16.9 Å². The molecular weight excluding hydrogens is 302 g/mol. The minimum atomic E-state index is -3.62. The number of carbonyl (C=O) groups excluding carboxylic acids is 1. The molecule has 7 heteroatoms. The Balaban J connectivity index is 2.45. The van der Waals surface area contributed by atoms with Crippen molar-refractivity contribution in [2.45, 2.75) is 0 Å². The van der Waals surface area contributed by atoms with Gasteiger partial charge in [-0.1, -0.05) is 24.3 Å². The van der Waals surface area contributed by atoms with Crippen LogP contribution in [0.25, 0.3) is 10.9 Å². The third-order valence-corrected chi connectivity index (χ3v) is 4.14. The highest BCUT2D eigenvalue weighted by Gasteiger charge is 2.22. The summed E-state index contributed by atoms with van der Waals surface area (Å²) < 4.78 is 25.2.